The van der Waals surface area contributed by atoms with E-state index in [1.54, 1.807) is 29.7 Å². The number of carbonyl (C=O) groups excluding carboxylic acids is 4. The summed E-state index contributed by atoms with van der Waals surface area (Å²) in [6.07, 6.45) is 25.3. The summed E-state index contributed by atoms with van der Waals surface area (Å²) in [7, 11) is 2.15. The van der Waals surface area contributed by atoms with Crippen molar-refractivity contribution in [2.24, 2.45) is 0 Å². The number of nitrogens with one attached hydrogen (secondary N) is 8. The number of likely N-dealkylation sites (N-methyl/N-ethyl adjacent to an activating group) is 1. The number of aromatic nitrogens is 14. The molecule has 6 aliphatic rings. The van der Waals surface area contributed by atoms with Crippen molar-refractivity contribution in [2.45, 2.75) is 57.4 Å². The highest BCUT2D eigenvalue weighted by Gasteiger charge is 2.38. The maximum Gasteiger partial charge on any atom is 0.276 e. The van der Waals surface area contributed by atoms with Gasteiger partial charge in [0.05, 0.1) is 101 Å². The van der Waals surface area contributed by atoms with Gasteiger partial charge in [-0.15, -0.1) is 0 Å². The number of hydrogen-bond donors (Lipinski definition) is 8. The highest BCUT2D eigenvalue weighted by atomic mass is 19.3. The van der Waals surface area contributed by atoms with E-state index in [0.29, 0.717) is 58.3 Å². The molecule has 0 aliphatic carbocycles. The van der Waals surface area contributed by atoms with Crippen molar-refractivity contribution in [2.75, 3.05) is 158 Å². The van der Waals surface area contributed by atoms with E-state index in [4.69, 9.17) is 4.74 Å². The molecule has 668 valence electrons. The second kappa shape index (κ2) is 39.4. The smallest absolute Gasteiger partial charge is 0.276 e. The minimum Gasteiger partial charge on any atom is -0.378 e. The number of morpholine rings is 1. The SMILES string of the molecule is CN1CCN(c2cncc(-c3ccc4[nH]nc(C(=O)Nc5ccc(N6CCCC6)nc5)c4c3)c2)CC1.O=C(Nc1ccc(N2CCCC2)nc1)c1n[nH]c2ccc(-c3cncc(N4CCOCC4)c3)cc12.O=C(Nc1ccccc1)c1n[nH]c2ccc(-c3cncc(CN4CCC(F)(F)C4)c3)cc12.O=C(Nc1ccccc1)c1n[nH]c2ccc(-c3cncc(N4CCCC4)c3)cc12. The Morgan fingerprint density at radius 2 is 0.697 bits per heavy atom. The predicted octanol–water partition coefficient (Wildman–Crippen LogP) is 16.5. The molecule has 132 heavy (non-hydrogen) atoms. The number of pyridine rings is 6. The predicted molar refractivity (Wildman–Crippen MR) is 512 cm³/mol. The Balaban J connectivity index is 0.000000114. The van der Waals surface area contributed by atoms with Crippen LogP contribution >= 0.6 is 0 Å². The van der Waals surface area contributed by atoms with Crippen LogP contribution in [0, 0.1) is 0 Å². The molecule has 10 aromatic heterocycles. The van der Waals surface area contributed by atoms with E-state index in [2.05, 4.69) is 147 Å². The van der Waals surface area contributed by atoms with E-state index in [1.165, 1.54) is 38.5 Å². The topological polar surface area (TPSA) is 340 Å². The molecule has 0 radical (unpaired) electrons. The van der Waals surface area contributed by atoms with Crippen molar-refractivity contribution in [1.29, 1.82) is 0 Å². The Hall–Kier alpha value is -15.3. The molecule has 0 unspecified atom stereocenters. The zero-order chi connectivity index (χ0) is 89.9. The summed E-state index contributed by atoms with van der Waals surface area (Å²) in [6, 6.07) is 58.3. The number of piperazine rings is 1. The molecule has 8 N–H and O–H groups in total. The van der Waals surface area contributed by atoms with E-state index < -0.39 is 5.92 Å². The molecule has 32 heteroatoms. The number of alkyl halides is 2. The van der Waals surface area contributed by atoms with Crippen LogP contribution in [0.3, 0.4) is 0 Å². The van der Waals surface area contributed by atoms with Crippen LogP contribution in [-0.2, 0) is 11.3 Å². The van der Waals surface area contributed by atoms with Crippen molar-refractivity contribution >= 4 is 119 Å². The third-order valence-electron chi connectivity index (χ3n) is 24.7. The van der Waals surface area contributed by atoms with Gasteiger partial charge < -0.3 is 55.4 Å². The van der Waals surface area contributed by atoms with Crippen LogP contribution < -0.4 is 45.8 Å². The Morgan fingerprint density at radius 3 is 1.06 bits per heavy atom. The number of anilines is 9. The van der Waals surface area contributed by atoms with Crippen molar-refractivity contribution in [3.05, 3.63) is 272 Å². The maximum absolute atomic E-state index is 13.5. The summed E-state index contributed by atoms with van der Waals surface area (Å²) in [5, 5.41) is 43.5. The molecule has 16 heterocycles. The van der Waals surface area contributed by atoms with Gasteiger partial charge in [-0.2, -0.15) is 20.4 Å². The van der Waals surface area contributed by atoms with E-state index in [0.717, 1.165) is 214 Å². The van der Waals surface area contributed by atoms with E-state index in [9.17, 15) is 28.0 Å². The number of benzene rings is 6. The summed E-state index contributed by atoms with van der Waals surface area (Å²) in [4.78, 5) is 94.1. The van der Waals surface area contributed by atoms with Gasteiger partial charge in [-0.1, -0.05) is 60.7 Å². The number of fused-ring (bicyclic) bond motifs is 4. The molecule has 6 saturated heterocycles. The van der Waals surface area contributed by atoms with Crippen LogP contribution in [0.15, 0.2) is 244 Å². The number of carbonyl (C=O) groups is 4. The van der Waals surface area contributed by atoms with Crippen LogP contribution in [0.2, 0.25) is 0 Å². The molecule has 6 aromatic carbocycles. The Kier molecular flexibility index (Phi) is 25.7. The Labute approximate surface area is 759 Å². The first-order valence-corrected chi connectivity index (χ1v) is 44.8. The summed E-state index contributed by atoms with van der Waals surface area (Å²) in [5.74, 6) is -1.79. The molecular formula is C100H99F2N25O5. The molecule has 0 atom stereocenters. The molecule has 30 nitrogen and oxygen atoms in total. The van der Waals surface area contributed by atoms with Gasteiger partial charge >= 0.3 is 0 Å². The van der Waals surface area contributed by atoms with Gasteiger partial charge in [0.1, 0.15) is 11.6 Å². The number of likely N-dealkylation sites (tertiary alicyclic amines) is 1. The number of amides is 4. The van der Waals surface area contributed by atoms with Crippen LogP contribution in [0.1, 0.15) is 92.5 Å². The third kappa shape index (κ3) is 20.2. The normalized spacial score (nSPS) is 15.6. The van der Waals surface area contributed by atoms with Gasteiger partial charge in [-0.05, 0) is 195 Å². The molecule has 4 amide bonds. The molecule has 6 aliphatic heterocycles. The Bertz CT molecular complexity index is 6760. The minimum atomic E-state index is -2.62. The molecule has 0 bridgehead atoms. The molecule has 0 spiro atoms. The highest BCUT2D eigenvalue weighted by molar-refractivity contribution is 6.15. The van der Waals surface area contributed by atoms with Gasteiger partial charge in [0, 0.05) is 184 Å². The number of ether oxygens (including phenoxy) is 1. The van der Waals surface area contributed by atoms with Crippen LogP contribution in [0.5, 0.6) is 0 Å². The first-order chi connectivity index (χ1) is 64.6. The monoisotopic (exact) mass is 1770 g/mol. The lowest BCUT2D eigenvalue weighted by Gasteiger charge is -2.34. The highest BCUT2D eigenvalue weighted by Crippen LogP contribution is 2.36. The zero-order valence-corrected chi connectivity index (χ0v) is 73.0. The number of H-pyrrole nitrogens is 4. The number of rotatable bonds is 19. The van der Waals surface area contributed by atoms with Gasteiger partial charge in [0.2, 0.25) is 0 Å². The van der Waals surface area contributed by atoms with Crippen LogP contribution in [0.4, 0.5) is 60.2 Å². The molecule has 16 aromatic rings. The van der Waals surface area contributed by atoms with Gasteiger partial charge in [-0.3, -0.25) is 64.4 Å². The number of halogens is 2. The quantitative estimate of drug-likeness (QED) is 0.0373. The van der Waals surface area contributed by atoms with Crippen LogP contribution in [0.25, 0.3) is 88.1 Å². The fraction of sp³-hybridized carbons (Fsp3) is 0.260. The average molecular weight is 1770 g/mol. The van der Waals surface area contributed by atoms with E-state index in [-0.39, 0.29) is 36.6 Å². The average Bonchev–Trinajstić information content (AvgIpc) is 1.66. The second-order valence-corrected chi connectivity index (χ2v) is 33.9. The fourth-order valence-electron chi connectivity index (χ4n) is 17.5. The third-order valence-corrected chi connectivity index (χ3v) is 24.7. The summed E-state index contributed by atoms with van der Waals surface area (Å²) in [6.45, 7) is 14.1. The summed E-state index contributed by atoms with van der Waals surface area (Å²) in [5.41, 5.74) is 19.3. The Morgan fingerprint density at radius 1 is 0.348 bits per heavy atom. The first-order valence-electron chi connectivity index (χ1n) is 44.8. The van der Waals surface area contributed by atoms with Crippen molar-refractivity contribution in [3.63, 3.8) is 0 Å². The lowest BCUT2D eigenvalue weighted by Crippen LogP contribution is -2.44. The molecule has 6 fully saturated rings. The second-order valence-electron chi connectivity index (χ2n) is 33.9. The number of para-hydroxylation sites is 2. The van der Waals surface area contributed by atoms with Crippen LogP contribution in [-0.4, -0.2) is 222 Å². The molecular weight excluding hydrogens is 1670 g/mol. The number of hydrogen-bond acceptors (Lipinski definition) is 22. The summed E-state index contributed by atoms with van der Waals surface area (Å²) >= 11 is 0. The van der Waals surface area contributed by atoms with Gasteiger partial charge in [0.25, 0.3) is 29.6 Å². The number of aromatic amines is 4. The zero-order valence-electron chi connectivity index (χ0n) is 73.0. The number of nitrogens with zero attached hydrogens (tertiary/aromatic N) is 17. The van der Waals surface area contributed by atoms with E-state index >= 15 is 0 Å². The maximum atomic E-state index is 13.5. The van der Waals surface area contributed by atoms with Crippen molar-refractivity contribution in [3.8, 4) is 44.5 Å². The standard InChI is InChI=1S/C27H30N8O.C26H27N7O2.C24H21F2N5O.C23H21N5O/c1-33-10-12-34(13-11-33)22-14-20(16-28-18-22)19-4-6-24-23(15-19)26(32-31-24)27(36)30-21-5-7-25(29-17-21)35-8-2-3-9-35;34-26(29-20-4-6-24(28-16-20)33-7-1-2-8-33)25-22-14-18(3-5-23(22)30-31-25)19-13-21(17-27-15-19)32-9-11-35-12-10-32;25-24(26)8-9-31(15-24)14-16-10-18(13-27-12-16)17-6-7-21-20(11-17)22(30-29-21)23(32)28-19-4-2-1-3-5-19;29-23(25-18-6-2-1-3-7-18)22-20-13-16(8-9-21(20)26-27-22)17-12-19(15-24-14-17)28-10-4-5-11-28/h4-7,14-18H,2-3,8-13H2,1H3,(H,30,36)(H,31,32);3-6,13-17H,1-2,7-12H2,(H,29,34)(H,30,31);1-7,10-13H,8-9,14-15H2,(H,28,32)(H,29,30);1-3,6-9,12-15H,4-5,10-11H2,(H,25,29)(H,26,27). The first kappa shape index (κ1) is 86.1. The summed E-state index contributed by atoms with van der Waals surface area (Å²) < 4.78 is 32.5. The van der Waals surface area contributed by atoms with Gasteiger partial charge in [0.15, 0.2) is 22.8 Å². The van der Waals surface area contributed by atoms with Gasteiger partial charge in [-0.25, -0.2) is 18.7 Å². The fourth-order valence-corrected chi connectivity index (χ4v) is 17.5. The van der Waals surface area contributed by atoms with E-state index in [1.807, 2.05) is 201 Å². The molecule has 0 saturated carbocycles. The lowest BCUT2D eigenvalue weighted by atomic mass is 10.0. The largest absolute Gasteiger partial charge is 0.378 e. The lowest BCUT2D eigenvalue weighted by molar-refractivity contribution is 0.0114. The minimum absolute atomic E-state index is 0.106. The van der Waals surface area contributed by atoms with Crippen molar-refractivity contribution in [1.82, 2.24) is 80.5 Å². The van der Waals surface area contributed by atoms with Crippen molar-refractivity contribution < 1.29 is 32.7 Å². The molecule has 22 rings (SSSR count).